The number of hydrogen-bond donors (Lipinski definition) is 2. The average molecular weight is 348 g/mol. The summed E-state index contributed by atoms with van der Waals surface area (Å²) in [7, 11) is 0. The monoisotopic (exact) mass is 348 g/mol. The van der Waals surface area contributed by atoms with Crippen molar-refractivity contribution in [2.45, 2.75) is 45.1 Å². The Labute approximate surface area is 149 Å². The van der Waals surface area contributed by atoms with Crippen LogP contribution in [-0.4, -0.2) is 43.2 Å². The highest BCUT2D eigenvalue weighted by Gasteiger charge is 2.14. The van der Waals surface area contributed by atoms with Crippen molar-refractivity contribution in [1.29, 1.82) is 0 Å². The predicted molar refractivity (Wildman–Crippen MR) is 99.0 cm³/mol. The number of benzene rings is 1. The molecule has 1 aliphatic heterocycles. The Kier molecular flexibility index (Phi) is 8.18. The van der Waals surface area contributed by atoms with Crippen molar-refractivity contribution in [3.63, 3.8) is 0 Å². The maximum atomic E-state index is 10.6. The van der Waals surface area contributed by atoms with Gasteiger partial charge in [-0.25, -0.2) is 0 Å². The minimum atomic E-state index is -0.369. The van der Waals surface area contributed by atoms with Crippen molar-refractivity contribution in [2.75, 3.05) is 26.2 Å². The minimum Gasteiger partial charge on any atom is -0.376 e. The predicted octanol–water partition coefficient (Wildman–Crippen LogP) is 2.65. The molecule has 7 heteroatoms. The van der Waals surface area contributed by atoms with E-state index >= 15 is 0 Å². The molecule has 0 bridgehead atoms. The molecular formula is C18H28N4O3. The molecule has 0 radical (unpaired) electrons. The van der Waals surface area contributed by atoms with Crippen molar-refractivity contribution in [3.05, 3.63) is 39.9 Å². The molecule has 1 aliphatic rings. The SMILES string of the molecule is CCNC(=NCC1CCCO1)NCCCCc1ccc([N+](=O)[O-])cc1. The third-order valence-electron chi connectivity index (χ3n) is 4.15. The summed E-state index contributed by atoms with van der Waals surface area (Å²) in [4.78, 5) is 14.9. The first-order valence-corrected chi connectivity index (χ1v) is 9.06. The fraction of sp³-hybridized carbons (Fsp3) is 0.611. The largest absolute Gasteiger partial charge is 0.376 e. The van der Waals surface area contributed by atoms with E-state index in [9.17, 15) is 10.1 Å². The number of hydrogen-bond acceptors (Lipinski definition) is 4. The van der Waals surface area contributed by atoms with Crippen LogP contribution in [0.4, 0.5) is 5.69 Å². The Morgan fingerprint density at radius 1 is 1.32 bits per heavy atom. The van der Waals surface area contributed by atoms with Crippen LogP contribution in [0.15, 0.2) is 29.3 Å². The van der Waals surface area contributed by atoms with E-state index in [1.807, 2.05) is 12.1 Å². The van der Waals surface area contributed by atoms with Crippen LogP contribution in [0.3, 0.4) is 0 Å². The van der Waals surface area contributed by atoms with Gasteiger partial charge in [-0.2, -0.15) is 0 Å². The maximum absolute atomic E-state index is 10.6. The Bertz CT molecular complexity index is 554. The lowest BCUT2D eigenvalue weighted by Crippen LogP contribution is -2.38. The molecule has 0 spiro atoms. The molecule has 25 heavy (non-hydrogen) atoms. The van der Waals surface area contributed by atoms with E-state index in [2.05, 4.69) is 22.5 Å². The van der Waals surface area contributed by atoms with E-state index in [4.69, 9.17) is 4.74 Å². The Hall–Kier alpha value is -2.15. The van der Waals surface area contributed by atoms with Crippen molar-refractivity contribution in [1.82, 2.24) is 10.6 Å². The molecule has 1 saturated heterocycles. The highest BCUT2D eigenvalue weighted by molar-refractivity contribution is 5.79. The van der Waals surface area contributed by atoms with Crippen LogP contribution in [0, 0.1) is 10.1 Å². The van der Waals surface area contributed by atoms with Crippen LogP contribution in [0.1, 0.15) is 38.2 Å². The standard InChI is InChI=1S/C18H28N4O3/c1-2-19-18(21-14-17-7-5-13-25-17)20-12-4-3-6-15-8-10-16(11-9-15)22(23)24/h8-11,17H,2-7,12-14H2,1H3,(H2,19,20,21). The lowest BCUT2D eigenvalue weighted by Gasteiger charge is -2.12. The summed E-state index contributed by atoms with van der Waals surface area (Å²) in [6.07, 6.45) is 5.45. The number of aryl methyl sites for hydroxylation is 1. The number of ether oxygens (including phenoxy) is 1. The van der Waals surface area contributed by atoms with Crippen LogP contribution >= 0.6 is 0 Å². The van der Waals surface area contributed by atoms with Gasteiger partial charge in [-0.15, -0.1) is 0 Å². The molecule has 0 amide bonds. The fourth-order valence-electron chi connectivity index (χ4n) is 2.77. The van der Waals surface area contributed by atoms with Crippen LogP contribution in [-0.2, 0) is 11.2 Å². The first kappa shape index (κ1) is 19.2. The van der Waals surface area contributed by atoms with Crippen molar-refractivity contribution in [2.24, 2.45) is 4.99 Å². The van der Waals surface area contributed by atoms with Crippen LogP contribution < -0.4 is 10.6 Å². The third kappa shape index (κ3) is 7.09. The van der Waals surface area contributed by atoms with Gasteiger partial charge in [-0.05, 0) is 44.6 Å². The molecule has 138 valence electrons. The number of unbranched alkanes of at least 4 members (excludes halogenated alkanes) is 1. The molecule has 1 fully saturated rings. The smallest absolute Gasteiger partial charge is 0.269 e. The highest BCUT2D eigenvalue weighted by Crippen LogP contribution is 2.13. The van der Waals surface area contributed by atoms with Gasteiger partial charge in [-0.1, -0.05) is 12.1 Å². The van der Waals surface area contributed by atoms with Gasteiger partial charge < -0.3 is 15.4 Å². The van der Waals surface area contributed by atoms with Crippen LogP contribution in [0.2, 0.25) is 0 Å². The van der Waals surface area contributed by atoms with Crippen molar-refractivity contribution in [3.8, 4) is 0 Å². The zero-order valence-corrected chi connectivity index (χ0v) is 14.9. The lowest BCUT2D eigenvalue weighted by molar-refractivity contribution is -0.384. The summed E-state index contributed by atoms with van der Waals surface area (Å²) in [5.41, 5.74) is 1.27. The first-order chi connectivity index (χ1) is 12.2. The third-order valence-corrected chi connectivity index (χ3v) is 4.15. The molecule has 2 N–H and O–H groups in total. The van der Waals surface area contributed by atoms with Crippen LogP contribution in [0.5, 0.6) is 0 Å². The molecule has 1 aromatic rings. The summed E-state index contributed by atoms with van der Waals surface area (Å²) in [6, 6.07) is 6.79. The van der Waals surface area contributed by atoms with Crippen molar-refractivity contribution < 1.29 is 9.66 Å². The lowest BCUT2D eigenvalue weighted by atomic mass is 10.1. The first-order valence-electron chi connectivity index (χ1n) is 9.06. The number of aliphatic imine (C=N–C) groups is 1. The normalized spacial score (nSPS) is 17.5. The summed E-state index contributed by atoms with van der Waals surface area (Å²) in [6.45, 7) is 5.30. The van der Waals surface area contributed by atoms with Gasteiger partial charge >= 0.3 is 0 Å². The highest BCUT2D eigenvalue weighted by atomic mass is 16.6. The van der Waals surface area contributed by atoms with Gasteiger partial charge in [0.25, 0.3) is 5.69 Å². The zero-order valence-electron chi connectivity index (χ0n) is 14.9. The minimum absolute atomic E-state index is 0.142. The van der Waals surface area contributed by atoms with Gasteiger partial charge in [0.2, 0.25) is 0 Å². The topological polar surface area (TPSA) is 88.8 Å². The quantitative estimate of drug-likeness (QED) is 0.235. The number of rotatable bonds is 9. The van der Waals surface area contributed by atoms with Gasteiger partial charge in [0.1, 0.15) is 0 Å². The summed E-state index contributed by atoms with van der Waals surface area (Å²) >= 11 is 0. The van der Waals surface area contributed by atoms with Crippen LogP contribution in [0.25, 0.3) is 0 Å². The van der Waals surface area contributed by atoms with Crippen molar-refractivity contribution >= 4 is 11.6 Å². The summed E-state index contributed by atoms with van der Waals surface area (Å²) in [5, 5.41) is 17.2. The van der Waals surface area contributed by atoms with E-state index in [0.29, 0.717) is 6.54 Å². The summed E-state index contributed by atoms with van der Waals surface area (Å²) in [5.74, 6) is 0.841. The molecule has 2 rings (SSSR count). The van der Waals surface area contributed by atoms with Gasteiger partial charge in [0.15, 0.2) is 5.96 Å². The Morgan fingerprint density at radius 3 is 2.76 bits per heavy atom. The Balaban J connectivity index is 1.65. The van der Waals surface area contributed by atoms with E-state index in [0.717, 1.165) is 63.3 Å². The number of nitrogens with one attached hydrogen (secondary N) is 2. The second-order valence-electron chi connectivity index (χ2n) is 6.16. The molecule has 1 unspecified atom stereocenters. The van der Waals surface area contributed by atoms with E-state index in [1.165, 1.54) is 0 Å². The summed E-state index contributed by atoms with van der Waals surface area (Å²) < 4.78 is 5.59. The second-order valence-corrected chi connectivity index (χ2v) is 6.16. The molecule has 1 aromatic carbocycles. The van der Waals surface area contributed by atoms with Gasteiger partial charge in [0.05, 0.1) is 17.6 Å². The van der Waals surface area contributed by atoms with E-state index in [-0.39, 0.29) is 16.7 Å². The molecular weight excluding hydrogens is 320 g/mol. The number of guanidine groups is 1. The zero-order chi connectivity index (χ0) is 17.9. The van der Waals surface area contributed by atoms with Gasteiger partial charge in [-0.3, -0.25) is 15.1 Å². The number of nitro groups is 1. The van der Waals surface area contributed by atoms with E-state index < -0.39 is 0 Å². The number of nitrogens with zero attached hydrogens (tertiary/aromatic N) is 2. The molecule has 1 atom stereocenters. The second kappa shape index (κ2) is 10.7. The molecule has 0 aromatic heterocycles. The maximum Gasteiger partial charge on any atom is 0.269 e. The molecule has 0 saturated carbocycles. The Morgan fingerprint density at radius 2 is 2.12 bits per heavy atom. The number of nitro benzene ring substituents is 1. The van der Waals surface area contributed by atoms with Gasteiger partial charge in [0, 0.05) is 31.8 Å². The fourth-order valence-corrected chi connectivity index (χ4v) is 2.77. The molecule has 7 nitrogen and oxygen atoms in total. The number of non-ortho nitro benzene ring substituents is 1. The van der Waals surface area contributed by atoms with E-state index in [1.54, 1.807) is 12.1 Å². The molecule has 1 heterocycles. The molecule has 0 aliphatic carbocycles. The average Bonchev–Trinajstić information content (AvgIpc) is 3.13.